The Morgan fingerprint density at radius 3 is 2.46 bits per heavy atom. The normalized spacial score (nSPS) is 29.4. The minimum atomic E-state index is -2.31. The summed E-state index contributed by atoms with van der Waals surface area (Å²) in [7, 11) is 0. The van der Waals surface area contributed by atoms with Crippen LogP contribution in [0, 0.1) is 11.6 Å². The first-order valence-electron chi connectivity index (χ1n) is 11.1. The second-order valence-corrected chi connectivity index (χ2v) is 8.23. The predicted octanol–water partition coefficient (Wildman–Crippen LogP) is 1.92. The van der Waals surface area contributed by atoms with Crippen molar-refractivity contribution in [1.82, 2.24) is 15.1 Å². The van der Waals surface area contributed by atoms with Crippen LogP contribution >= 0.6 is 0 Å². The summed E-state index contributed by atoms with van der Waals surface area (Å²) >= 11 is 0. The van der Waals surface area contributed by atoms with Crippen molar-refractivity contribution < 1.29 is 28.6 Å². The van der Waals surface area contributed by atoms with Gasteiger partial charge in [0.1, 0.15) is 6.04 Å². The van der Waals surface area contributed by atoms with Crippen molar-refractivity contribution >= 4 is 17.7 Å². The lowest BCUT2D eigenvalue weighted by molar-refractivity contribution is -0.136. The Balaban J connectivity index is 1.74. The molecule has 1 N–H and O–H groups in total. The third-order valence-electron chi connectivity index (χ3n) is 5.22. The number of halogens is 2. The summed E-state index contributed by atoms with van der Waals surface area (Å²) in [4.78, 5) is 38.4. The van der Waals surface area contributed by atoms with Crippen LogP contribution in [-0.2, 0) is 16.1 Å². The minimum absolute atomic E-state index is 0.00372. The molecule has 0 unspecified atom stereocenters. The van der Waals surface area contributed by atoms with Crippen LogP contribution in [-0.4, -0.2) is 52.1 Å². The molecule has 8 heteroatoms. The Morgan fingerprint density at radius 1 is 1.18 bits per heavy atom. The highest BCUT2D eigenvalue weighted by Gasteiger charge is 2.43. The summed E-state index contributed by atoms with van der Waals surface area (Å²) in [5.74, 6) is -6.67. The average molecular weight is 395 g/mol. The summed E-state index contributed by atoms with van der Waals surface area (Å²) in [6.45, 7) is 0.00970. The van der Waals surface area contributed by atoms with E-state index in [1.807, 2.05) is 0 Å². The Bertz CT molecular complexity index is 1040. The number of imide groups is 1. The number of carbonyl (C=O) groups excluding carboxylic acids is 3. The molecule has 4 rings (SSSR count). The van der Waals surface area contributed by atoms with Crippen molar-refractivity contribution in [2.45, 2.75) is 57.7 Å². The van der Waals surface area contributed by atoms with E-state index in [4.69, 9.17) is 5.48 Å². The molecule has 3 aliphatic heterocycles. The Kier molecular flexibility index (Phi) is 3.31. The molecule has 0 saturated carbocycles. The number of fused-ring (bicyclic) bond motifs is 1. The number of benzene rings is 1. The zero-order valence-electron chi connectivity index (χ0n) is 19.7. The average Bonchev–Trinajstić information content (AvgIpc) is 2.93. The largest absolute Gasteiger partial charge is 0.322 e. The fourth-order valence-electron chi connectivity index (χ4n) is 3.68. The number of hydrogen-bond donors (Lipinski definition) is 1. The van der Waals surface area contributed by atoms with Gasteiger partial charge in [0.25, 0.3) is 5.91 Å². The van der Waals surface area contributed by atoms with Crippen LogP contribution in [0.5, 0.6) is 0 Å². The Morgan fingerprint density at radius 2 is 1.86 bits per heavy atom. The zero-order chi connectivity index (χ0) is 24.0. The van der Waals surface area contributed by atoms with Gasteiger partial charge in [-0.15, -0.1) is 0 Å². The van der Waals surface area contributed by atoms with Gasteiger partial charge in [-0.05, 0) is 44.4 Å². The molecule has 0 bridgehead atoms. The molecule has 1 aromatic rings. The minimum Gasteiger partial charge on any atom is -0.322 e. The van der Waals surface area contributed by atoms with Crippen molar-refractivity contribution in [3.05, 3.63) is 34.4 Å². The van der Waals surface area contributed by atoms with Gasteiger partial charge in [-0.3, -0.25) is 24.6 Å². The fraction of sp³-hybridized carbons (Fsp3) is 0.550. The third-order valence-corrected chi connectivity index (χ3v) is 5.22. The van der Waals surface area contributed by atoms with Crippen molar-refractivity contribution in [3.8, 4) is 0 Å². The molecule has 3 amide bonds. The standard InChI is InChI=1S/C20H23F2N3O3/c1-20(2,3)24-7-11(8-24)12-6-10-9-25(13-4-5-14(26)23-18(13)27)19(28)15(10)17(22)16(12)21/h6,11,13H,4-5,7-9H2,1-3H3,(H,23,26,27)/t13-/m1/s1/i7D2,8D2. The highest BCUT2D eigenvalue weighted by atomic mass is 19.2. The van der Waals surface area contributed by atoms with E-state index in [-0.39, 0.29) is 24.9 Å². The van der Waals surface area contributed by atoms with E-state index in [1.54, 1.807) is 20.8 Å². The fourth-order valence-corrected chi connectivity index (χ4v) is 3.68. The number of nitrogens with zero attached hydrogens (tertiary/aromatic N) is 2. The van der Waals surface area contributed by atoms with Gasteiger partial charge < -0.3 is 4.90 Å². The number of piperidine rings is 1. The van der Waals surface area contributed by atoms with E-state index < -0.39 is 71.0 Å². The first kappa shape index (κ1) is 14.6. The summed E-state index contributed by atoms with van der Waals surface area (Å²) in [5, 5.41) is 2.12. The van der Waals surface area contributed by atoms with Gasteiger partial charge in [-0.25, -0.2) is 8.78 Å². The lowest BCUT2D eigenvalue weighted by atomic mass is 9.85. The number of rotatable bonds is 2. The first-order valence-corrected chi connectivity index (χ1v) is 9.06. The smallest absolute Gasteiger partial charge is 0.258 e. The SMILES string of the molecule is [2H]C1([2H])C(c2cc3c(c(F)c2F)C(=O)N([C@@H]2CCC(=O)NC2=O)C3)C([2H])([2H])N1C(C)(C)C. The maximum absolute atomic E-state index is 15.1. The summed E-state index contributed by atoms with van der Waals surface area (Å²) < 4.78 is 63.6. The molecule has 0 spiro atoms. The van der Waals surface area contributed by atoms with Crippen molar-refractivity contribution in [2.24, 2.45) is 0 Å². The van der Waals surface area contributed by atoms with Gasteiger partial charge in [0.2, 0.25) is 11.8 Å². The second-order valence-electron chi connectivity index (χ2n) is 8.23. The van der Waals surface area contributed by atoms with E-state index in [9.17, 15) is 14.4 Å². The van der Waals surface area contributed by atoms with E-state index >= 15 is 8.78 Å². The van der Waals surface area contributed by atoms with Crippen molar-refractivity contribution in [1.29, 1.82) is 0 Å². The molecule has 2 saturated heterocycles. The molecule has 0 radical (unpaired) electrons. The number of amides is 3. The first-order chi connectivity index (χ1) is 14.6. The maximum Gasteiger partial charge on any atom is 0.258 e. The second kappa shape index (κ2) is 6.34. The maximum atomic E-state index is 15.1. The van der Waals surface area contributed by atoms with Crippen LogP contribution in [0.3, 0.4) is 0 Å². The molecular formula is C20H23F2N3O3. The highest BCUT2D eigenvalue weighted by Crippen LogP contribution is 2.38. The lowest BCUT2D eigenvalue weighted by Gasteiger charge is -2.48. The van der Waals surface area contributed by atoms with E-state index in [0.29, 0.717) is 0 Å². The topological polar surface area (TPSA) is 69.7 Å². The number of nitrogens with one attached hydrogen (secondary N) is 1. The molecule has 1 aromatic carbocycles. The van der Waals surface area contributed by atoms with Gasteiger partial charge in [0.05, 0.1) is 5.56 Å². The van der Waals surface area contributed by atoms with Crippen LogP contribution in [0.4, 0.5) is 8.78 Å². The van der Waals surface area contributed by atoms with Crippen LogP contribution in [0.15, 0.2) is 6.07 Å². The van der Waals surface area contributed by atoms with Crippen LogP contribution in [0.1, 0.15) is 66.5 Å². The van der Waals surface area contributed by atoms with Crippen molar-refractivity contribution in [3.63, 3.8) is 0 Å². The molecular weight excluding hydrogens is 368 g/mol. The highest BCUT2D eigenvalue weighted by molar-refractivity contribution is 6.05. The lowest BCUT2D eigenvalue weighted by Crippen LogP contribution is -2.54. The van der Waals surface area contributed by atoms with Gasteiger partial charge in [0, 0.05) is 42.9 Å². The quantitative estimate of drug-likeness (QED) is 0.777. The number of likely N-dealkylation sites (tertiary alicyclic amines) is 1. The molecule has 2 fully saturated rings. The summed E-state index contributed by atoms with van der Waals surface area (Å²) in [6, 6.07) is 0.106. The number of hydrogen-bond acceptors (Lipinski definition) is 4. The van der Waals surface area contributed by atoms with E-state index in [2.05, 4.69) is 5.32 Å². The molecule has 28 heavy (non-hydrogen) atoms. The van der Waals surface area contributed by atoms with E-state index in [1.165, 1.54) is 0 Å². The van der Waals surface area contributed by atoms with Gasteiger partial charge >= 0.3 is 0 Å². The summed E-state index contributed by atoms with van der Waals surface area (Å²) in [5.41, 5.74) is -1.92. The van der Waals surface area contributed by atoms with Gasteiger partial charge in [0.15, 0.2) is 11.6 Å². The third kappa shape index (κ3) is 2.90. The van der Waals surface area contributed by atoms with Crippen LogP contribution in [0.2, 0.25) is 0 Å². The van der Waals surface area contributed by atoms with Gasteiger partial charge in [-0.1, -0.05) is 0 Å². The molecule has 150 valence electrons. The van der Waals surface area contributed by atoms with E-state index in [0.717, 1.165) is 15.9 Å². The molecule has 0 aliphatic carbocycles. The molecule has 3 aliphatic rings. The van der Waals surface area contributed by atoms with Gasteiger partial charge in [-0.2, -0.15) is 0 Å². The number of carbonyl (C=O) groups is 3. The summed E-state index contributed by atoms with van der Waals surface area (Å²) in [6.07, 6.45) is 0.0549. The molecule has 0 aromatic heterocycles. The Hall–Kier alpha value is -2.35. The zero-order valence-corrected chi connectivity index (χ0v) is 15.7. The van der Waals surface area contributed by atoms with Crippen molar-refractivity contribution in [2.75, 3.05) is 13.0 Å². The molecule has 6 nitrogen and oxygen atoms in total. The molecule has 1 atom stereocenters. The Labute approximate surface area is 167 Å². The predicted molar refractivity (Wildman–Crippen MR) is 96.5 cm³/mol. The monoisotopic (exact) mass is 395 g/mol. The van der Waals surface area contributed by atoms with Crippen LogP contribution in [0.25, 0.3) is 0 Å². The van der Waals surface area contributed by atoms with Crippen LogP contribution < -0.4 is 5.32 Å². The molecule has 3 heterocycles.